The van der Waals surface area contributed by atoms with E-state index in [0.717, 1.165) is 16.1 Å². The molecule has 0 spiro atoms. The summed E-state index contributed by atoms with van der Waals surface area (Å²) in [4.78, 5) is 10.6. The van der Waals surface area contributed by atoms with Crippen LogP contribution in [0.2, 0.25) is 0 Å². The lowest BCUT2D eigenvalue weighted by molar-refractivity contribution is -0.384. The number of methoxy groups -OCH3 is 1. The van der Waals surface area contributed by atoms with Gasteiger partial charge in [-0.3, -0.25) is 20.3 Å². The minimum absolute atomic E-state index is 0.0581. The first-order valence-electron chi connectivity index (χ1n) is 9.22. The molecule has 0 aliphatic heterocycles. The van der Waals surface area contributed by atoms with Gasteiger partial charge < -0.3 is 4.74 Å². The quantitative estimate of drug-likeness (QED) is 0.245. The monoisotopic (exact) mass is 518 g/mol. The van der Waals surface area contributed by atoms with E-state index >= 15 is 0 Å². The molecule has 0 aromatic heterocycles. The first kappa shape index (κ1) is 23.2. The molecular weight excluding hydrogens is 500 g/mol. The van der Waals surface area contributed by atoms with Crippen LogP contribution in [0.25, 0.3) is 0 Å². The maximum atomic E-state index is 12.8. The second-order valence-corrected chi connectivity index (χ2v) is 9.16. The Morgan fingerprint density at radius 1 is 1.06 bits per heavy atom. The van der Waals surface area contributed by atoms with Crippen LogP contribution in [0.5, 0.6) is 5.75 Å². The molecule has 0 radical (unpaired) electrons. The van der Waals surface area contributed by atoms with E-state index in [1.54, 1.807) is 25.1 Å². The lowest BCUT2D eigenvalue weighted by Gasteiger charge is -2.12. The highest BCUT2D eigenvalue weighted by Gasteiger charge is 2.22. The number of anilines is 2. The fourth-order valence-electron chi connectivity index (χ4n) is 2.76. The topological polar surface area (TPSA) is 123 Å². The number of hydrazone groups is 1. The molecule has 166 valence electrons. The molecule has 0 saturated heterocycles. The molecule has 32 heavy (non-hydrogen) atoms. The normalized spacial score (nSPS) is 11.7. The zero-order chi connectivity index (χ0) is 23.3. The van der Waals surface area contributed by atoms with Crippen LogP contribution >= 0.6 is 15.9 Å². The van der Waals surface area contributed by atoms with Crippen molar-refractivity contribution in [2.24, 2.45) is 5.10 Å². The van der Waals surface area contributed by atoms with Gasteiger partial charge in [-0.2, -0.15) is 5.10 Å². The lowest BCUT2D eigenvalue weighted by atomic mass is 10.1. The SMILES string of the molecule is COc1ccccc1NS(=O)(=O)c1ccc(N/N=C(/C)c2ccc(Br)cc2)c([N+](=O)[O-])c1. The highest BCUT2D eigenvalue weighted by Crippen LogP contribution is 2.30. The van der Waals surface area contributed by atoms with E-state index in [9.17, 15) is 18.5 Å². The second kappa shape index (κ2) is 9.79. The van der Waals surface area contributed by atoms with Crippen molar-refractivity contribution in [3.05, 3.63) is 86.9 Å². The Bertz CT molecular complexity index is 1280. The first-order valence-corrected chi connectivity index (χ1v) is 11.5. The Morgan fingerprint density at radius 3 is 2.41 bits per heavy atom. The fourth-order valence-corrected chi connectivity index (χ4v) is 4.11. The van der Waals surface area contributed by atoms with Gasteiger partial charge in [0, 0.05) is 10.5 Å². The number of rotatable bonds is 8. The van der Waals surface area contributed by atoms with Gasteiger partial charge in [0.05, 0.1) is 28.3 Å². The third-order valence-electron chi connectivity index (χ3n) is 4.43. The molecule has 3 rings (SSSR count). The number of benzene rings is 3. The van der Waals surface area contributed by atoms with Crippen molar-refractivity contribution in [1.82, 2.24) is 0 Å². The van der Waals surface area contributed by atoms with Crippen LogP contribution in [0.4, 0.5) is 17.1 Å². The van der Waals surface area contributed by atoms with E-state index in [4.69, 9.17) is 4.74 Å². The summed E-state index contributed by atoms with van der Waals surface area (Å²) in [5.74, 6) is 0.321. The lowest BCUT2D eigenvalue weighted by Crippen LogP contribution is -2.14. The molecule has 9 nitrogen and oxygen atoms in total. The molecule has 0 saturated carbocycles. The molecule has 0 aliphatic rings. The van der Waals surface area contributed by atoms with Gasteiger partial charge in [0.25, 0.3) is 15.7 Å². The van der Waals surface area contributed by atoms with Crippen LogP contribution in [0, 0.1) is 10.1 Å². The largest absolute Gasteiger partial charge is 0.495 e. The van der Waals surface area contributed by atoms with Crippen LogP contribution in [-0.4, -0.2) is 26.2 Å². The fraction of sp³-hybridized carbons (Fsp3) is 0.0952. The number of hydrogen-bond acceptors (Lipinski definition) is 7. The van der Waals surface area contributed by atoms with E-state index in [2.05, 4.69) is 31.2 Å². The van der Waals surface area contributed by atoms with Gasteiger partial charge in [0.1, 0.15) is 11.4 Å². The standard InChI is InChI=1S/C21H19BrN4O5S/c1-14(15-7-9-16(22)10-8-15)23-24-18-12-11-17(13-20(18)26(27)28)32(29,30)25-19-5-3-4-6-21(19)31-2/h3-13,24-25H,1-2H3/b23-14-. The highest BCUT2D eigenvalue weighted by atomic mass is 79.9. The maximum absolute atomic E-state index is 12.8. The van der Waals surface area contributed by atoms with Crippen LogP contribution in [0.3, 0.4) is 0 Å². The summed E-state index contributed by atoms with van der Waals surface area (Å²) >= 11 is 3.36. The van der Waals surface area contributed by atoms with Crippen molar-refractivity contribution in [3.8, 4) is 5.75 Å². The molecule has 0 atom stereocenters. The molecule has 3 aromatic rings. The van der Waals surface area contributed by atoms with E-state index in [1.165, 1.54) is 25.3 Å². The molecule has 2 N–H and O–H groups in total. The molecule has 11 heteroatoms. The number of sulfonamides is 1. The van der Waals surface area contributed by atoms with Gasteiger partial charge in [-0.05, 0) is 48.9 Å². The third-order valence-corrected chi connectivity index (χ3v) is 6.33. The Labute approximate surface area is 193 Å². The predicted molar refractivity (Wildman–Crippen MR) is 127 cm³/mol. The van der Waals surface area contributed by atoms with Crippen molar-refractivity contribution in [1.29, 1.82) is 0 Å². The molecule has 0 fully saturated rings. The first-order chi connectivity index (χ1) is 15.2. The summed E-state index contributed by atoms with van der Waals surface area (Å²) in [7, 11) is -2.69. The number of nitro benzene ring substituents is 1. The average Bonchev–Trinajstić information content (AvgIpc) is 2.77. The van der Waals surface area contributed by atoms with E-state index < -0.39 is 20.6 Å². The number of halogens is 1. The molecule has 3 aromatic carbocycles. The summed E-state index contributed by atoms with van der Waals surface area (Å²) in [6.45, 7) is 1.75. The summed E-state index contributed by atoms with van der Waals surface area (Å²) in [5.41, 5.74) is 3.92. The van der Waals surface area contributed by atoms with Crippen molar-refractivity contribution in [2.45, 2.75) is 11.8 Å². The minimum Gasteiger partial charge on any atom is -0.495 e. The van der Waals surface area contributed by atoms with E-state index in [-0.39, 0.29) is 16.3 Å². The maximum Gasteiger partial charge on any atom is 0.295 e. The van der Waals surface area contributed by atoms with Gasteiger partial charge in [0.2, 0.25) is 0 Å². The third kappa shape index (κ3) is 5.42. The second-order valence-electron chi connectivity index (χ2n) is 6.56. The smallest absolute Gasteiger partial charge is 0.295 e. The van der Waals surface area contributed by atoms with E-state index in [0.29, 0.717) is 11.5 Å². The van der Waals surface area contributed by atoms with Crippen LogP contribution in [0.1, 0.15) is 12.5 Å². The molecule has 0 aliphatic carbocycles. The van der Waals surface area contributed by atoms with Crippen molar-refractivity contribution in [2.75, 3.05) is 17.3 Å². The summed E-state index contributed by atoms with van der Waals surface area (Å²) in [5, 5.41) is 15.8. The highest BCUT2D eigenvalue weighted by molar-refractivity contribution is 9.10. The average molecular weight is 519 g/mol. The summed E-state index contributed by atoms with van der Waals surface area (Å²) in [6, 6.07) is 17.4. The Kier molecular flexibility index (Phi) is 7.11. The number of nitrogens with one attached hydrogen (secondary N) is 2. The minimum atomic E-state index is -4.10. The van der Waals surface area contributed by atoms with Crippen molar-refractivity contribution in [3.63, 3.8) is 0 Å². The van der Waals surface area contributed by atoms with Crippen molar-refractivity contribution >= 4 is 48.7 Å². The predicted octanol–water partition coefficient (Wildman–Crippen LogP) is 5.00. The molecular formula is C21H19BrN4O5S. The van der Waals surface area contributed by atoms with Gasteiger partial charge in [-0.1, -0.05) is 40.2 Å². The van der Waals surface area contributed by atoms with Crippen molar-refractivity contribution < 1.29 is 18.1 Å². The summed E-state index contributed by atoms with van der Waals surface area (Å²) < 4.78 is 34.0. The molecule has 0 bridgehead atoms. The zero-order valence-corrected chi connectivity index (χ0v) is 19.5. The molecule has 0 amide bonds. The Balaban J connectivity index is 1.89. The molecule has 0 heterocycles. The molecule has 0 unspecified atom stereocenters. The Hall–Kier alpha value is -3.44. The van der Waals surface area contributed by atoms with Gasteiger partial charge in [-0.15, -0.1) is 0 Å². The van der Waals surface area contributed by atoms with Crippen LogP contribution in [-0.2, 0) is 10.0 Å². The van der Waals surface area contributed by atoms with Crippen LogP contribution in [0.15, 0.2) is 81.2 Å². The Morgan fingerprint density at radius 2 is 1.75 bits per heavy atom. The number of ether oxygens (including phenoxy) is 1. The summed E-state index contributed by atoms with van der Waals surface area (Å²) in [6.07, 6.45) is 0. The zero-order valence-electron chi connectivity index (χ0n) is 17.1. The number of hydrogen-bond donors (Lipinski definition) is 2. The van der Waals surface area contributed by atoms with Gasteiger partial charge in [0.15, 0.2) is 0 Å². The number of para-hydroxylation sites is 2. The van der Waals surface area contributed by atoms with Gasteiger partial charge in [-0.25, -0.2) is 8.42 Å². The van der Waals surface area contributed by atoms with E-state index in [1.807, 2.05) is 24.3 Å². The van der Waals surface area contributed by atoms with Crippen LogP contribution < -0.4 is 14.9 Å². The number of nitro groups is 1. The number of nitrogens with zero attached hydrogens (tertiary/aromatic N) is 2. The van der Waals surface area contributed by atoms with Gasteiger partial charge >= 0.3 is 0 Å².